The quantitative estimate of drug-likeness (QED) is 0.266. The van der Waals surface area contributed by atoms with E-state index in [-0.39, 0.29) is 30.8 Å². The average Bonchev–Trinajstić information content (AvgIpc) is 3.49. The van der Waals surface area contributed by atoms with Crippen molar-refractivity contribution < 1.29 is 33.3 Å². The summed E-state index contributed by atoms with van der Waals surface area (Å²) in [5.41, 5.74) is 2.64. The number of rotatable bonds is 9. The van der Waals surface area contributed by atoms with Crippen LogP contribution in [-0.2, 0) is 16.1 Å². The molecular formula is C29H24Cl2N2O7S. The van der Waals surface area contributed by atoms with Crippen molar-refractivity contribution >= 4 is 63.8 Å². The van der Waals surface area contributed by atoms with E-state index in [0.717, 1.165) is 22.2 Å². The molecule has 5 rings (SSSR count). The summed E-state index contributed by atoms with van der Waals surface area (Å²) in [4.78, 5) is 39.6. The highest BCUT2D eigenvalue weighted by atomic mass is 35.5. The summed E-state index contributed by atoms with van der Waals surface area (Å²) < 4.78 is 22.1. The number of hydrogen-bond acceptors (Lipinski definition) is 8. The van der Waals surface area contributed by atoms with Crippen LogP contribution in [0.15, 0.2) is 53.4 Å². The van der Waals surface area contributed by atoms with Crippen molar-refractivity contribution in [2.45, 2.75) is 20.4 Å². The normalized spacial score (nSPS) is 15.0. The Morgan fingerprint density at radius 2 is 1.80 bits per heavy atom. The van der Waals surface area contributed by atoms with E-state index in [1.165, 1.54) is 0 Å². The van der Waals surface area contributed by atoms with Gasteiger partial charge in [0.1, 0.15) is 0 Å². The Kier molecular flexibility index (Phi) is 8.63. The van der Waals surface area contributed by atoms with Gasteiger partial charge in [-0.1, -0.05) is 35.3 Å². The number of anilines is 1. The molecular weight excluding hydrogens is 591 g/mol. The van der Waals surface area contributed by atoms with E-state index in [1.807, 2.05) is 19.9 Å². The number of aryl methyl sites for hydroxylation is 1. The number of nitrogens with zero attached hydrogens (tertiary/aromatic N) is 1. The molecule has 0 aromatic heterocycles. The van der Waals surface area contributed by atoms with Crippen LogP contribution in [0.2, 0.25) is 10.0 Å². The van der Waals surface area contributed by atoms with Gasteiger partial charge in [0.2, 0.25) is 6.79 Å². The highest BCUT2D eigenvalue weighted by molar-refractivity contribution is 8.18. The van der Waals surface area contributed by atoms with Gasteiger partial charge < -0.3 is 24.3 Å². The second kappa shape index (κ2) is 12.3. The molecule has 0 unspecified atom stereocenters. The zero-order valence-electron chi connectivity index (χ0n) is 22.0. The minimum atomic E-state index is -0.445. The van der Waals surface area contributed by atoms with Gasteiger partial charge in [-0.25, -0.2) is 0 Å². The van der Waals surface area contributed by atoms with Gasteiger partial charge in [0.05, 0.1) is 18.1 Å². The molecule has 1 fully saturated rings. The highest BCUT2D eigenvalue weighted by Gasteiger charge is 2.36. The lowest BCUT2D eigenvalue weighted by Crippen LogP contribution is -2.27. The predicted octanol–water partition coefficient (Wildman–Crippen LogP) is 6.68. The molecule has 3 amide bonds. The van der Waals surface area contributed by atoms with Crippen LogP contribution in [0.1, 0.15) is 23.6 Å². The number of thioether (sulfide) groups is 1. The molecule has 0 bridgehead atoms. The molecule has 9 nitrogen and oxygen atoms in total. The van der Waals surface area contributed by atoms with Crippen molar-refractivity contribution in [3.8, 4) is 23.0 Å². The van der Waals surface area contributed by atoms with E-state index >= 15 is 0 Å². The van der Waals surface area contributed by atoms with E-state index in [2.05, 4.69) is 5.32 Å². The number of carbonyl (C=O) groups is 3. The lowest BCUT2D eigenvalue weighted by Gasteiger charge is -2.14. The minimum Gasteiger partial charge on any atom is -0.490 e. The van der Waals surface area contributed by atoms with Gasteiger partial charge in [0.25, 0.3) is 17.1 Å². The smallest absolute Gasteiger partial charge is 0.293 e. The van der Waals surface area contributed by atoms with Crippen LogP contribution in [-0.4, -0.2) is 42.0 Å². The first kappa shape index (κ1) is 28.7. The number of imide groups is 1. The third-order valence-electron chi connectivity index (χ3n) is 6.12. The van der Waals surface area contributed by atoms with Crippen LogP contribution < -0.4 is 24.3 Å². The number of benzene rings is 3. The molecule has 1 saturated heterocycles. The van der Waals surface area contributed by atoms with Gasteiger partial charge >= 0.3 is 0 Å². The van der Waals surface area contributed by atoms with E-state index < -0.39 is 11.1 Å². The third kappa shape index (κ3) is 6.56. The first-order valence-corrected chi connectivity index (χ1v) is 14.1. The van der Waals surface area contributed by atoms with Gasteiger partial charge in [-0.05, 0) is 78.7 Å². The largest absolute Gasteiger partial charge is 0.490 e. The lowest BCUT2D eigenvalue weighted by molar-refractivity contribution is -0.123. The Labute approximate surface area is 250 Å². The molecule has 2 heterocycles. The van der Waals surface area contributed by atoms with Crippen molar-refractivity contribution in [3.63, 3.8) is 0 Å². The number of ether oxygens (including phenoxy) is 4. The Morgan fingerprint density at radius 1 is 1.02 bits per heavy atom. The van der Waals surface area contributed by atoms with Crippen LogP contribution in [0.5, 0.6) is 23.0 Å². The standard InChI is InChI=1S/C29H24Cl2N2O7S/c1-3-37-23-8-17(5-7-22(23)38-14-27(34)32-19-6-4-16(2)20(30)11-19)9-26-28(35)33(29(36)41-26)13-18-10-24-25(12-21(18)31)40-15-39-24/h4-12H,3,13-15H2,1-2H3,(H,32,34)/b26-9-. The van der Waals surface area contributed by atoms with E-state index in [9.17, 15) is 14.4 Å². The third-order valence-corrected chi connectivity index (χ3v) is 7.79. The molecule has 0 saturated carbocycles. The maximum Gasteiger partial charge on any atom is 0.293 e. The Bertz CT molecular complexity index is 1580. The number of fused-ring (bicyclic) bond motifs is 1. The molecule has 12 heteroatoms. The summed E-state index contributed by atoms with van der Waals surface area (Å²) in [6, 6.07) is 13.5. The second-order valence-electron chi connectivity index (χ2n) is 9.00. The Morgan fingerprint density at radius 3 is 2.56 bits per heavy atom. The topological polar surface area (TPSA) is 103 Å². The van der Waals surface area contributed by atoms with Crippen LogP contribution in [0.3, 0.4) is 0 Å². The van der Waals surface area contributed by atoms with Gasteiger partial charge in [-0.15, -0.1) is 0 Å². The fraction of sp³-hybridized carbons (Fsp3) is 0.207. The summed E-state index contributed by atoms with van der Waals surface area (Å²) in [6.45, 7) is 3.86. The zero-order valence-corrected chi connectivity index (χ0v) is 24.3. The maximum absolute atomic E-state index is 13.1. The summed E-state index contributed by atoms with van der Waals surface area (Å²) >= 11 is 13.3. The SMILES string of the molecule is CCOc1cc(/C=C2\SC(=O)N(Cc3cc4c(cc3Cl)OCO4)C2=O)ccc1OCC(=O)Nc1ccc(C)c(Cl)c1. The Hall–Kier alpha value is -3.86. The summed E-state index contributed by atoms with van der Waals surface area (Å²) in [5.74, 6) is 0.954. The molecule has 41 heavy (non-hydrogen) atoms. The van der Waals surface area contributed by atoms with Gasteiger partial charge in [0, 0.05) is 21.8 Å². The van der Waals surface area contributed by atoms with Crippen LogP contribution in [0, 0.1) is 6.92 Å². The molecule has 0 radical (unpaired) electrons. The fourth-order valence-electron chi connectivity index (χ4n) is 4.05. The van der Waals surface area contributed by atoms with E-state index in [4.69, 9.17) is 42.1 Å². The van der Waals surface area contributed by atoms with Crippen molar-refractivity contribution in [2.24, 2.45) is 0 Å². The first-order valence-electron chi connectivity index (χ1n) is 12.5. The van der Waals surface area contributed by atoms with Crippen LogP contribution in [0.25, 0.3) is 6.08 Å². The van der Waals surface area contributed by atoms with Gasteiger partial charge in [-0.2, -0.15) is 0 Å². The van der Waals surface area contributed by atoms with E-state index in [0.29, 0.717) is 56.5 Å². The monoisotopic (exact) mass is 614 g/mol. The van der Waals surface area contributed by atoms with Crippen LogP contribution in [0.4, 0.5) is 10.5 Å². The molecule has 0 aliphatic carbocycles. The predicted molar refractivity (Wildman–Crippen MR) is 157 cm³/mol. The molecule has 0 spiro atoms. The first-order chi connectivity index (χ1) is 19.7. The average molecular weight is 615 g/mol. The zero-order chi connectivity index (χ0) is 29.1. The van der Waals surface area contributed by atoms with Crippen molar-refractivity contribution in [1.82, 2.24) is 4.90 Å². The lowest BCUT2D eigenvalue weighted by atomic mass is 10.1. The van der Waals surface area contributed by atoms with Crippen molar-refractivity contribution in [2.75, 3.05) is 25.3 Å². The van der Waals surface area contributed by atoms with Crippen molar-refractivity contribution in [3.05, 3.63) is 80.2 Å². The number of hydrogen-bond donors (Lipinski definition) is 1. The second-order valence-corrected chi connectivity index (χ2v) is 10.8. The maximum atomic E-state index is 13.1. The molecule has 0 atom stereocenters. The molecule has 2 aliphatic rings. The van der Waals surface area contributed by atoms with Gasteiger partial charge in [0.15, 0.2) is 29.6 Å². The minimum absolute atomic E-state index is 0.00862. The number of nitrogens with one attached hydrogen (secondary N) is 1. The number of carbonyl (C=O) groups excluding carboxylic acids is 3. The van der Waals surface area contributed by atoms with Gasteiger partial charge in [-0.3, -0.25) is 19.3 Å². The molecule has 3 aromatic carbocycles. The highest BCUT2D eigenvalue weighted by Crippen LogP contribution is 2.40. The molecule has 2 aliphatic heterocycles. The molecule has 1 N–H and O–H groups in total. The fourth-order valence-corrected chi connectivity index (χ4v) is 5.28. The van der Waals surface area contributed by atoms with Crippen molar-refractivity contribution in [1.29, 1.82) is 0 Å². The number of halogens is 2. The van der Waals surface area contributed by atoms with Crippen LogP contribution >= 0.6 is 35.0 Å². The molecule has 212 valence electrons. The van der Waals surface area contributed by atoms with E-state index in [1.54, 1.807) is 48.5 Å². The number of amides is 3. The summed E-state index contributed by atoms with van der Waals surface area (Å²) in [6.07, 6.45) is 1.60. The molecule has 3 aromatic rings. The Balaban J connectivity index is 1.26. The summed E-state index contributed by atoms with van der Waals surface area (Å²) in [5, 5.41) is 3.24. The summed E-state index contributed by atoms with van der Waals surface area (Å²) in [7, 11) is 0.